The Labute approximate surface area is 107 Å². The smallest absolute Gasteiger partial charge is 0.134 e. The van der Waals surface area contributed by atoms with E-state index in [1.807, 2.05) is 12.1 Å². The third kappa shape index (κ3) is 1.66. The highest BCUT2D eigenvalue weighted by Crippen LogP contribution is 2.59. The van der Waals surface area contributed by atoms with Gasteiger partial charge in [0.15, 0.2) is 0 Å². The first-order valence-corrected chi connectivity index (χ1v) is 6.64. The van der Waals surface area contributed by atoms with E-state index in [0.29, 0.717) is 16.5 Å². The van der Waals surface area contributed by atoms with Crippen molar-refractivity contribution < 1.29 is 5.11 Å². The molecule has 2 unspecified atom stereocenters. The molecule has 1 aromatic rings. The first-order chi connectivity index (χ1) is 8.03. The van der Waals surface area contributed by atoms with Crippen molar-refractivity contribution in [2.75, 3.05) is 13.1 Å². The van der Waals surface area contributed by atoms with E-state index in [-0.39, 0.29) is 5.75 Å². The minimum atomic E-state index is 0.183. The van der Waals surface area contributed by atoms with Crippen molar-refractivity contribution in [3.05, 3.63) is 28.8 Å². The molecule has 0 amide bonds. The molecular weight excluding hydrogens is 234 g/mol. The van der Waals surface area contributed by atoms with Gasteiger partial charge in [0, 0.05) is 24.5 Å². The van der Waals surface area contributed by atoms with Crippen LogP contribution < -0.4 is 0 Å². The summed E-state index contributed by atoms with van der Waals surface area (Å²) in [6.07, 6.45) is 1.28. The van der Waals surface area contributed by atoms with Gasteiger partial charge in [-0.3, -0.25) is 4.90 Å². The number of hydrogen-bond acceptors (Lipinski definition) is 2. The van der Waals surface area contributed by atoms with Gasteiger partial charge < -0.3 is 5.11 Å². The molecule has 2 atom stereocenters. The van der Waals surface area contributed by atoms with Gasteiger partial charge in [0.25, 0.3) is 0 Å². The van der Waals surface area contributed by atoms with Crippen molar-refractivity contribution in [2.24, 2.45) is 5.92 Å². The Morgan fingerprint density at radius 1 is 1.47 bits per heavy atom. The van der Waals surface area contributed by atoms with Gasteiger partial charge in [-0.25, -0.2) is 0 Å². The highest BCUT2D eigenvalue weighted by molar-refractivity contribution is 6.32. The summed E-state index contributed by atoms with van der Waals surface area (Å²) >= 11 is 6.01. The minimum absolute atomic E-state index is 0.183. The van der Waals surface area contributed by atoms with E-state index in [1.165, 1.54) is 18.5 Å². The summed E-state index contributed by atoms with van der Waals surface area (Å²) in [7, 11) is 0. The second kappa shape index (κ2) is 3.63. The molecule has 3 heteroatoms. The van der Waals surface area contributed by atoms with Crippen molar-refractivity contribution >= 4 is 11.6 Å². The molecule has 1 heterocycles. The van der Waals surface area contributed by atoms with Crippen molar-refractivity contribution in [3.8, 4) is 5.75 Å². The number of phenolic OH excluding ortho intramolecular Hbond substituents is 1. The van der Waals surface area contributed by atoms with Crippen LogP contribution in [0.3, 0.4) is 0 Å². The molecule has 17 heavy (non-hydrogen) atoms. The van der Waals surface area contributed by atoms with Crippen LogP contribution in [0.25, 0.3) is 0 Å². The number of nitrogens with zero attached hydrogens (tertiary/aromatic N) is 1. The Morgan fingerprint density at radius 3 is 2.82 bits per heavy atom. The third-order valence-electron chi connectivity index (χ3n) is 4.43. The van der Waals surface area contributed by atoms with Gasteiger partial charge in [-0.1, -0.05) is 17.7 Å². The van der Waals surface area contributed by atoms with Gasteiger partial charge in [0.2, 0.25) is 0 Å². The zero-order valence-electron chi connectivity index (χ0n) is 10.3. The van der Waals surface area contributed by atoms with Crippen molar-refractivity contribution in [2.45, 2.75) is 31.7 Å². The second-order valence-corrected chi connectivity index (χ2v) is 6.15. The fraction of sp³-hybridized carbons (Fsp3) is 0.571. The van der Waals surface area contributed by atoms with Crippen LogP contribution in [0.15, 0.2) is 18.2 Å². The lowest BCUT2D eigenvalue weighted by atomic mass is 9.95. The molecule has 1 aliphatic heterocycles. The first-order valence-electron chi connectivity index (χ1n) is 6.26. The normalized spacial score (nSPS) is 31.9. The number of fused-ring (bicyclic) bond motifs is 1. The van der Waals surface area contributed by atoms with Crippen LogP contribution in [0.5, 0.6) is 5.75 Å². The van der Waals surface area contributed by atoms with Crippen LogP contribution in [0, 0.1) is 5.92 Å². The van der Waals surface area contributed by atoms with E-state index in [4.69, 9.17) is 11.6 Å². The summed E-state index contributed by atoms with van der Waals surface area (Å²) in [5.41, 5.74) is 1.62. The Morgan fingerprint density at radius 2 is 2.24 bits per heavy atom. The molecule has 1 aliphatic carbocycles. The number of piperidine rings is 1. The van der Waals surface area contributed by atoms with E-state index in [1.54, 1.807) is 6.07 Å². The molecule has 92 valence electrons. The average Bonchev–Trinajstić information content (AvgIpc) is 2.85. The summed E-state index contributed by atoms with van der Waals surface area (Å²) in [5, 5.41) is 9.96. The molecule has 0 radical (unpaired) electrons. The molecule has 2 aliphatic rings. The van der Waals surface area contributed by atoms with Crippen LogP contribution in [0.1, 0.15) is 25.8 Å². The summed E-state index contributed by atoms with van der Waals surface area (Å²) in [5.74, 6) is 0.966. The summed E-state index contributed by atoms with van der Waals surface area (Å²) in [6, 6.07) is 6.32. The monoisotopic (exact) mass is 251 g/mol. The molecule has 0 spiro atoms. The van der Waals surface area contributed by atoms with Gasteiger partial charge in [-0.15, -0.1) is 0 Å². The standard InChI is InChI=1S/C14H18ClNO/c1-9(2)16-7-11-6-14(11,8-16)10-3-4-13(17)12(15)5-10/h3-5,9,11,17H,6-8H2,1-2H3. The summed E-state index contributed by atoms with van der Waals surface area (Å²) in [4.78, 5) is 2.54. The fourth-order valence-corrected chi connectivity index (χ4v) is 3.36. The Bertz CT molecular complexity index is 460. The van der Waals surface area contributed by atoms with Crippen molar-refractivity contribution in [1.82, 2.24) is 4.90 Å². The lowest BCUT2D eigenvalue weighted by molar-refractivity contribution is 0.243. The molecule has 3 rings (SSSR count). The fourth-order valence-electron chi connectivity index (χ4n) is 3.18. The Balaban J connectivity index is 1.88. The topological polar surface area (TPSA) is 23.5 Å². The number of likely N-dealkylation sites (tertiary alicyclic amines) is 1. The summed E-state index contributed by atoms with van der Waals surface area (Å²) in [6.45, 7) is 6.84. The molecule has 0 aromatic heterocycles. The number of benzene rings is 1. The number of hydrogen-bond donors (Lipinski definition) is 1. The molecule has 1 N–H and O–H groups in total. The maximum Gasteiger partial charge on any atom is 0.134 e. The van der Waals surface area contributed by atoms with Crippen LogP contribution >= 0.6 is 11.6 Å². The second-order valence-electron chi connectivity index (χ2n) is 5.75. The molecule has 0 bridgehead atoms. The largest absolute Gasteiger partial charge is 0.506 e. The zero-order valence-corrected chi connectivity index (χ0v) is 11.0. The van der Waals surface area contributed by atoms with E-state index in [2.05, 4.69) is 18.7 Å². The maximum atomic E-state index is 9.48. The average molecular weight is 252 g/mol. The first kappa shape index (κ1) is 11.4. The van der Waals surface area contributed by atoms with Gasteiger partial charge in [-0.2, -0.15) is 0 Å². The van der Waals surface area contributed by atoms with Gasteiger partial charge in [0.1, 0.15) is 5.75 Å². The molecule has 1 saturated carbocycles. The summed E-state index contributed by atoms with van der Waals surface area (Å²) < 4.78 is 0. The van der Waals surface area contributed by atoms with E-state index in [9.17, 15) is 5.11 Å². The molecule has 1 saturated heterocycles. The Kier molecular flexibility index (Phi) is 2.43. The zero-order chi connectivity index (χ0) is 12.2. The molecule has 1 aromatic carbocycles. The maximum absolute atomic E-state index is 9.48. The van der Waals surface area contributed by atoms with Gasteiger partial charge in [-0.05, 0) is 43.9 Å². The molecule has 2 nitrogen and oxygen atoms in total. The van der Waals surface area contributed by atoms with E-state index >= 15 is 0 Å². The van der Waals surface area contributed by atoms with Crippen molar-refractivity contribution in [1.29, 1.82) is 0 Å². The SMILES string of the molecule is CC(C)N1CC2CC2(c2ccc(O)c(Cl)c2)C1. The highest BCUT2D eigenvalue weighted by Gasteiger charge is 2.60. The van der Waals surface area contributed by atoms with Gasteiger partial charge >= 0.3 is 0 Å². The predicted octanol–water partition coefficient (Wildman–Crippen LogP) is 3.03. The lowest BCUT2D eigenvalue weighted by Gasteiger charge is -2.24. The molecular formula is C14H18ClNO. The van der Waals surface area contributed by atoms with E-state index in [0.717, 1.165) is 12.5 Å². The minimum Gasteiger partial charge on any atom is -0.506 e. The van der Waals surface area contributed by atoms with E-state index < -0.39 is 0 Å². The number of aromatic hydroxyl groups is 1. The number of rotatable bonds is 2. The number of phenols is 1. The molecule has 2 fully saturated rings. The highest BCUT2D eigenvalue weighted by atomic mass is 35.5. The lowest BCUT2D eigenvalue weighted by Crippen LogP contribution is -2.32. The van der Waals surface area contributed by atoms with Crippen molar-refractivity contribution in [3.63, 3.8) is 0 Å². The van der Waals surface area contributed by atoms with Crippen LogP contribution in [0.2, 0.25) is 5.02 Å². The van der Waals surface area contributed by atoms with Crippen LogP contribution in [-0.2, 0) is 5.41 Å². The predicted molar refractivity (Wildman–Crippen MR) is 69.6 cm³/mol. The van der Waals surface area contributed by atoms with Crippen LogP contribution in [-0.4, -0.2) is 29.1 Å². The van der Waals surface area contributed by atoms with Gasteiger partial charge in [0.05, 0.1) is 5.02 Å². The Hall–Kier alpha value is -0.730. The number of halogens is 1. The van der Waals surface area contributed by atoms with Crippen LogP contribution in [0.4, 0.5) is 0 Å². The quantitative estimate of drug-likeness (QED) is 0.874. The third-order valence-corrected chi connectivity index (χ3v) is 4.73.